The summed E-state index contributed by atoms with van der Waals surface area (Å²) < 4.78 is 7.40. The van der Waals surface area contributed by atoms with Gasteiger partial charge >= 0.3 is 5.97 Å². The van der Waals surface area contributed by atoms with Gasteiger partial charge in [0, 0.05) is 17.1 Å². The first-order valence-corrected chi connectivity index (χ1v) is 9.43. The molecule has 28 heavy (non-hydrogen) atoms. The normalized spacial score (nSPS) is 13.8. The van der Waals surface area contributed by atoms with Gasteiger partial charge in [-0.1, -0.05) is 25.5 Å². The maximum Gasteiger partial charge on any atom is 0.352 e. The number of nitrogens with zero attached hydrogens (tertiary/aromatic N) is 3. The topological polar surface area (TPSA) is 76.7 Å². The van der Waals surface area contributed by atoms with E-state index in [1.54, 1.807) is 12.3 Å². The number of aryl methyl sites for hydroxylation is 1. The molecule has 1 aliphatic rings. The van der Waals surface area contributed by atoms with Gasteiger partial charge in [0.25, 0.3) is 0 Å². The number of fused-ring (bicyclic) bond motifs is 1. The van der Waals surface area contributed by atoms with E-state index in [-0.39, 0.29) is 11.6 Å². The van der Waals surface area contributed by atoms with Crippen LogP contribution in [0.15, 0.2) is 41.5 Å². The Kier molecular flexibility index (Phi) is 4.63. The van der Waals surface area contributed by atoms with E-state index in [1.165, 1.54) is 0 Å². The summed E-state index contributed by atoms with van der Waals surface area (Å²) in [4.78, 5) is 20.8. The number of carboxylic acid groups (broad SMARTS) is 1. The molecule has 3 aromatic rings. The molecule has 0 atom stereocenters. The second-order valence-corrected chi connectivity index (χ2v) is 7.44. The Labute approximate surface area is 163 Å². The average Bonchev–Trinajstić information content (AvgIpc) is 3.30. The third-order valence-corrected chi connectivity index (χ3v) is 4.98. The van der Waals surface area contributed by atoms with Crippen molar-refractivity contribution in [3.05, 3.63) is 64.6 Å². The van der Waals surface area contributed by atoms with Crippen LogP contribution in [0.4, 0.5) is 0 Å². The highest BCUT2D eigenvalue weighted by Gasteiger charge is 2.20. The quantitative estimate of drug-likeness (QED) is 0.729. The van der Waals surface area contributed by atoms with Crippen molar-refractivity contribution in [3.63, 3.8) is 0 Å². The van der Waals surface area contributed by atoms with Crippen LogP contribution in [0, 0.1) is 6.92 Å². The molecule has 0 unspecified atom stereocenters. The first-order chi connectivity index (χ1) is 13.4. The average molecular weight is 377 g/mol. The number of hydrogen-bond acceptors (Lipinski definition) is 4. The van der Waals surface area contributed by atoms with Crippen molar-refractivity contribution < 1.29 is 14.6 Å². The molecule has 1 aromatic carbocycles. The van der Waals surface area contributed by atoms with Crippen LogP contribution in [0.3, 0.4) is 0 Å². The second kappa shape index (κ2) is 7.11. The van der Waals surface area contributed by atoms with Crippen LogP contribution in [0.5, 0.6) is 0 Å². The van der Waals surface area contributed by atoms with Crippen LogP contribution in [0.1, 0.15) is 52.6 Å². The summed E-state index contributed by atoms with van der Waals surface area (Å²) in [5.74, 6) is -0.0422. The van der Waals surface area contributed by atoms with Crippen LogP contribution in [0.25, 0.3) is 10.9 Å². The van der Waals surface area contributed by atoms with Crippen molar-refractivity contribution in [2.75, 3.05) is 13.2 Å². The van der Waals surface area contributed by atoms with Crippen molar-refractivity contribution >= 4 is 22.8 Å². The van der Waals surface area contributed by atoms with E-state index < -0.39 is 5.97 Å². The lowest BCUT2D eigenvalue weighted by molar-refractivity contribution is 0.0686. The van der Waals surface area contributed by atoms with Crippen molar-refractivity contribution in [2.45, 2.75) is 33.2 Å². The van der Waals surface area contributed by atoms with Gasteiger partial charge in [-0.2, -0.15) is 0 Å². The van der Waals surface area contributed by atoms with Crippen molar-refractivity contribution in [1.29, 1.82) is 0 Å². The monoisotopic (exact) mass is 377 g/mol. The summed E-state index contributed by atoms with van der Waals surface area (Å²) in [6.45, 7) is 7.91. The van der Waals surface area contributed by atoms with Gasteiger partial charge in [-0.05, 0) is 42.7 Å². The van der Waals surface area contributed by atoms with E-state index in [4.69, 9.17) is 4.74 Å². The van der Waals surface area contributed by atoms with Crippen molar-refractivity contribution in [1.82, 2.24) is 9.55 Å². The van der Waals surface area contributed by atoms with E-state index in [1.807, 2.05) is 29.7 Å². The SMILES string of the molecule is Cc1cc(C(C)C)c2c(c1)cc(C(=O)O)n2Cc1cc(C2=NCCO2)ccn1. The molecule has 0 aliphatic carbocycles. The number of rotatable bonds is 5. The lowest BCUT2D eigenvalue weighted by Gasteiger charge is -2.15. The molecule has 6 heteroatoms. The van der Waals surface area contributed by atoms with E-state index in [0.717, 1.165) is 33.3 Å². The molecule has 4 rings (SSSR count). The largest absolute Gasteiger partial charge is 0.477 e. The number of benzene rings is 1. The molecule has 144 valence electrons. The second-order valence-electron chi connectivity index (χ2n) is 7.44. The number of aromatic nitrogens is 2. The minimum Gasteiger partial charge on any atom is -0.477 e. The third kappa shape index (κ3) is 3.26. The zero-order valence-electron chi connectivity index (χ0n) is 16.3. The summed E-state index contributed by atoms with van der Waals surface area (Å²) in [5, 5.41) is 10.7. The summed E-state index contributed by atoms with van der Waals surface area (Å²) in [7, 11) is 0. The number of aromatic carboxylic acids is 1. The molecule has 6 nitrogen and oxygen atoms in total. The Balaban J connectivity index is 1.85. The highest BCUT2D eigenvalue weighted by molar-refractivity contribution is 5.97. The zero-order chi connectivity index (χ0) is 19.8. The molecule has 0 amide bonds. The molecule has 0 saturated heterocycles. The number of hydrogen-bond donors (Lipinski definition) is 1. The standard InChI is InChI=1S/C22H23N3O3/c1-13(2)18-9-14(3)8-16-11-19(22(26)27)25(20(16)18)12-17-10-15(4-5-23-17)21-24-6-7-28-21/h4-5,8-11,13H,6-7,12H2,1-3H3,(H,26,27). The minimum atomic E-state index is -0.941. The smallest absolute Gasteiger partial charge is 0.352 e. The van der Waals surface area contributed by atoms with Crippen LogP contribution in [0.2, 0.25) is 0 Å². The van der Waals surface area contributed by atoms with Gasteiger partial charge in [0.2, 0.25) is 5.90 Å². The Hall–Kier alpha value is -3.15. The molecule has 0 fully saturated rings. The maximum atomic E-state index is 11.9. The van der Waals surface area contributed by atoms with Gasteiger partial charge in [-0.25, -0.2) is 9.79 Å². The van der Waals surface area contributed by atoms with E-state index in [0.29, 0.717) is 25.6 Å². The molecule has 0 spiro atoms. The lowest BCUT2D eigenvalue weighted by Crippen LogP contribution is -2.12. The van der Waals surface area contributed by atoms with E-state index in [9.17, 15) is 9.90 Å². The van der Waals surface area contributed by atoms with Gasteiger partial charge in [-0.15, -0.1) is 0 Å². The molecule has 0 bridgehead atoms. The Morgan fingerprint density at radius 3 is 2.79 bits per heavy atom. The lowest BCUT2D eigenvalue weighted by atomic mass is 9.98. The van der Waals surface area contributed by atoms with Crippen LogP contribution in [-0.4, -0.2) is 39.7 Å². The van der Waals surface area contributed by atoms with Gasteiger partial charge in [0.05, 0.1) is 24.3 Å². The number of carboxylic acids is 1. The molecule has 0 saturated carbocycles. The van der Waals surface area contributed by atoms with Crippen molar-refractivity contribution in [2.24, 2.45) is 4.99 Å². The van der Waals surface area contributed by atoms with Gasteiger partial charge in [-0.3, -0.25) is 4.98 Å². The highest BCUT2D eigenvalue weighted by Crippen LogP contribution is 2.31. The molecule has 1 aliphatic heterocycles. The fourth-order valence-corrected chi connectivity index (χ4v) is 3.75. The van der Waals surface area contributed by atoms with Crippen LogP contribution >= 0.6 is 0 Å². The third-order valence-electron chi connectivity index (χ3n) is 4.98. The van der Waals surface area contributed by atoms with E-state index >= 15 is 0 Å². The number of aliphatic imine (C=N–C) groups is 1. The summed E-state index contributed by atoms with van der Waals surface area (Å²) in [6.07, 6.45) is 1.72. The molecule has 2 aromatic heterocycles. The summed E-state index contributed by atoms with van der Waals surface area (Å²) in [6, 6.07) is 9.72. The van der Waals surface area contributed by atoms with Crippen LogP contribution < -0.4 is 0 Å². The summed E-state index contributed by atoms with van der Waals surface area (Å²) in [5.41, 5.74) is 5.13. The number of carbonyl (C=O) groups is 1. The van der Waals surface area contributed by atoms with Crippen LogP contribution in [-0.2, 0) is 11.3 Å². The van der Waals surface area contributed by atoms with Gasteiger partial charge in [0.15, 0.2) is 0 Å². The Morgan fingerprint density at radius 1 is 1.29 bits per heavy atom. The zero-order valence-corrected chi connectivity index (χ0v) is 16.3. The molecular weight excluding hydrogens is 354 g/mol. The summed E-state index contributed by atoms with van der Waals surface area (Å²) >= 11 is 0. The minimum absolute atomic E-state index is 0.268. The van der Waals surface area contributed by atoms with Crippen molar-refractivity contribution in [3.8, 4) is 0 Å². The van der Waals surface area contributed by atoms with Gasteiger partial charge < -0.3 is 14.4 Å². The van der Waals surface area contributed by atoms with Gasteiger partial charge in [0.1, 0.15) is 12.3 Å². The predicted molar refractivity (Wildman–Crippen MR) is 108 cm³/mol. The first-order valence-electron chi connectivity index (χ1n) is 9.43. The molecule has 3 heterocycles. The number of pyridine rings is 1. The molecular formula is C22H23N3O3. The fourth-order valence-electron chi connectivity index (χ4n) is 3.75. The molecule has 0 radical (unpaired) electrons. The predicted octanol–water partition coefficient (Wildman–Crippen LogP) is 3.99. The first kappa shape index (κ1) is 18.2. The fraction of sp³-hybridized carbons (Fsp3) is 0.318. The Bertz CT molecular complexity index is 1100. The highest BCUT2D eigenvalue weighted by atomic mass is 16.5. The maximum absolute atomic E-state index is 11.9. The number of ether oxygens (including phenoxy) is 1. The Morgan fingerprint density at radius 2 is 2.11 bits per heavy atom. The molecule has 1 N–H and O–H groups in total. The van der Waals surface area contributed by atoms with E-state index in [2.05, 4.69) is 29.9 Å².